The fourth-order valence-electron chi connectivity index (χ4n) is 5.53. The highest BCUT2D eigenvalue weighted by atomic mass is 16.2. The number of nitrogens with one attached hydrogen (secondary N) is 1. The standard InChI is InChI=1S/C27H42N4O3/c1-20(2)18-31(24-9-13-29(14-10-24)22(4)33)25-11-15-30(16-12-25)27(34)26(28-19-32)17-23-8-6-5-7-21(23)3/h5-8,19-20,24-26H,9-18H2,1-4H3,(H,28,32)/t26-/m1/s1. The molecule has 2 aliphatic heterocycles. The molecule has 0 aromatic heterocycles. The molecule has 0 spiro atoms. The molecular formula is C27H42N4O3. The number of nitrogens with zero attached hydrogens (tertiary/aromatic N) is 3. The summed E-state index contributed by atoms with van der Waals surface area (Å²) < 4.78 is 0. The largest absolute Gasteiger partial charge is 0.347 e. The van der Waals surface area contributed by atoms with Gasteiger partial charge in [-0.25, -0.2) is 0 Å². The van der Waals surface area contributed by atoms with Crippen LogP contribution in [0.2, 0.25) is 0 Å². The molecule has 2 heterocycles. The molecule has 0 aliphatic carbocycles. The smallest absolute Gasteiger partial charge is 0.245 e. The van der Waals surface area contributed by atoms with Crippen LogP contribution in [0.5, 0.6) is 0 Å². The third-order valence-corrected chi connectivity index (χ3v) is 7.45. The third-order valence-electron chi connectivity index (χ3n) is 7.45. The van der Waals surface area contributed by atoms with Crippen LogP contribution in [0.15, 0.2) is 24.3 Å². The molecule has 2 aliphatic rings. The molecule has 0 saturated carbocycles. The summed E-state index contributed by atoms with van der Waals surface area (Å²) in [6.07, 6.45) is 5.09. The van der Waals surface area contributed by atoms with Crippen LogP contribution in [-0.2, 0) is 20.8 Å². The van der Waals surface area contributed by atoms with Crippen LogP contribution < -0.4 is 5.32 Å². The first-order valence-corrected chi connectivity index (χ1v) is 12.8. The van der Waals surface area contributed by atoms with E-state index in [9.17, 15) is 14.4 Å². The van der Waals surface area contributed by atoms with Gasteiger partial charge in [0.05, 0.1) is 0 Å². The Hall–Kier alpha value is -2.41. The zero-order valence-electron chi connectivity index (χ0n) is 21.3. The van der Waals surface area contributed by atoms with Crippen LogP contribution in [0.4, 0.5) is 0 Å². The SMILES string of the molecule is CC(=O)N1CCC(N(CC(C)C)C2CCN(C(=O)[C@@H](Cc3ccccc3C)NC=O)CC2)CC1. The number of hydrogen-bond acceptors (Lipinski definition) is 4. The first kappa shape index (κ1) is 26.2. The molecule has 34 heavy (non-hydrogen) atoms. The van der Waals surface area contributed by atoms with Crippen molar-refractivity contribution < 1.29 is 14.4 Å². The summed E-state index contributed by atoms with van der Waals surface area (Å²) in [5, 5.41) is 2.77. The van der Waals surface area contributed by atoms with Crippen molar-refractivity contribution in [3.05, 3.63) is 35.4 Å². The number of piperidine rings is 2. The minimum Gasteiger partial charge on any atom is -0.347 e. The molecule has 7 heteroatoms. The molecule has 2 fully saturated rings. The van der Waals surface area contributed by atoms with E-state index in [1.165, 1.54) is 0 Å². The number of benzene rings is 1. The van der Waals surface area contributed by atoms with E-state index in [0.717, 1.165) is 69.5 Å². The molecule has 3 amide bonds. The predicted molar refractivity (Wildman–Crippen MR) is 134 cm³/mol. The topological polar surface area (TPSA) is 73.0 Å². The van der Waals surface area contributed by atoms with Gasteiger partial charge in [0.25, 0.3) is 0 Å². The molecule has 1 aromatic rings. The lowest BCUT2D eigenvalue weighted by molar-refractivity contribution is -0.136. The van der Waals surface area contributed by atoms with Crippen LogP contribution in [0.25, 0.3) is 0 Å². The Morgan fingerprint density at radius 3 is 2.09 bits per heavy atom. The van der Waals surface area contributed by atoms with Crippen LogP contribution in [0.3, 0.4) is 0 Å². The van der Waals surface area contributed by atoms with Crippen molar-refractivity contribution >= 4 is 18.2 Å². The Labute approximate surface area is 204 Å². The molecule has 0 bridgehead atoms. The highest BCUT2D eigenvalue weighted by Crippen LogP contribution is 2.26. The van der Waals surface area contributed by atoms with Crippen LogP contribution in [0, 0.1) is 12.8 Å². The Morgan fingerprint density at radius 2 is 1.59 bits per heavy atom. The number of likely N-dealkylation sites (tertiary alicyclic amines) is 2. The quantitative estimate of drug-likeness (QED) is 0.563. The van der Waals surface area contributed by atoms with E-state index in [-0.39, 0.29) is 11.8 Å². The molecule has 1 aromatic carbocycles. The van der Waals surface area contributed by atoms with Crippen molar-refractivity contribution in [2.24, 2.45) is 5.92 Å². The lowest BCUT2D eigenvalue weighted by atomic mass is 9.94. The Balaban J connectivity index is 1.60. The molecule has 1 N–H and O–H groups in total. The van der Waals surface area contributed by atoms with Crippen LogP contribution in [-0.4, -0.2) is 83.8 Å². The average molecular weight is 471 g/mol. The van der Waals surface area contributed by atoms with Gasteiger partial charge in [-0.3, -0.25) is 19.3 Å². The van der Waals surface area contributed by atoms with Gasteiger partial charge in [0.15, 0.2) is 0 Å². The van der Waals surface area contributed by atoms with E-state index in [0.29, 0.717) is 30.8 Å². The second kappa shape index (κ2) is 12.3. The fraction of sp³-hybridized carbons (Fsp3) is 0.667. The Morgan fingerprint density at radius 1 is 1.03 bits per heavy atom. The predicted octanol–water partition coefficient (Wildman–Crippen LogP) is 2.61. The van der Waals surface area contributed by atoms with Crippen molar-refractivity contribution in [2.75, 3.05) is 32.7 Å². The minimum absolute atomic E-state index is 0.0129. The van der Waals surface area contributed by atoms with E-state index in [1.54, 1.807) is 6.92 Å². The summed E-state index contributed by atoms with van der Waals surface area (Å²) in [4.78, 5) is 42.9. The maximum Gasteiger partial charge on any atom is 0.245 e. The summed E-state index contributed by atoms with van der Waals surface area (Å²) in [5.41, 5.74) is 2.22. The van der Waals surface area contributed by atoms with Gasteiger partial charge in [0.1, 0.15) is 6.04 Å². The van der Waals surface area contributed by atoms with Crippen molar-refractivity contribution in [3.8, 4) is 0 Å². The van der Waals surface area contributed by atoms with Crippen molar-refractivity contribution in [1.82, 2.24) is 20.0 Å². The average Bonchev–Trinajstić information content (AvgIpc) is 2.83. The molecule has 2 saturated heterocycles. The zero-order chi connectivity index (χ0) is 24.7. The minimum atomic E-state index is -0.530. The lowest BCUT2D eigenvalue weighted by Gasteiger charge is -2.46. The maximum atomic E-state index is 13.3. The second-order valence-corrected chi connectivity index (χ2v) is 10.4. The molecule has 1 atom stereocenters. The zero-order valence-corrected chi connectivity index (χ0v) is 21.3. The summed E-state index contributed by atoms with van der Waals surface area (Å²) >= 11 is 0. The summed E-state index contributed by atoms with van der Waals surface area (Å²) in [6.45, 7) is 12.4. The van der Waals surface area contributed by atoms with Crippen molar-refractivity contribution in [2.45, 2.75) is 77.9 Å². The van der Waals surface area contributed by atoms with Crippen LogP contribution in [0.1, 0.15) is 57.6 Å². The highest BCUT2D eigenvalue weighted by Gasteiger charge is 2.35. The number of carbonyl (C=O) groups excluding carboxylic acids is 3. The first-order chi connectivity index (χ1) is 16.3. The number of amides is 3. The molecule has 3 rings (SSSR count). The number of rotatable bonds is 9. The maximum absolute atomic E-state index is 13.3. The molecule has 0 radical (unpaired) electrons. The first-order valence-electron chi connectivity index (χ1n) is 12.8. The fourth-order valence-corrected chi connectivity index (χ4v) is 5.53. The van der Waals surface area contributed by atoms with E-state index in [1.807, 2.05) is 41.0 Å². The normalized spacial score (nSPS) is 18.9. The van der Waals surface area contributed by atoms with Gasteiger partial charge in [0.2, 0.25) is 18.2 Å². The number of carbonyl (C=O) groups is 3. The van der Waals surface area contributed by atoms with Gasteiger partial charge < -0.3 is 15.1 Å². The summed E-state index contributed by atoms with van der Waals surface area (Å²) in [7, 11) is 0. The second-order valence-electron chi connectivity index (χ2n) is 10.4. The summed E-state index contributed by atoms with van der Waals surface area (Å²) in [6, 6.07) is 8.44. The molecule has 188 valence electrons. The van der Waals surface area contributed by atoms with Gasteiger partial charge >= 0.3 is 0 Å². The lowest BCUT2D eigenvalue weighted by Crippen LogP contribution is -2.56. The summed E-state index contributed by atoms with van der Waals surface area (Å²) in [5.74, 6) is 0.754. The van der Waals surface area contributed by atoms with E-state index in [4.69, 9.17) is 0 Å². The molecular weight excluding hydrogens is 428 g/mol. The highest BCUT2D eigenvalue weighted by molar-refractivity contribution is 5.84. The van der Waals surface area contributed by atoms with Crippen LogP contribution >= 0.6 is 0 Å². The number of hydrogen-bond donors (Lipinski definition) is 1. The van der Waals surface area contributed by atoms with Gasteiger partial charge in [-0.1, -0.05) is 38.1 Å². The Bertz CT molecular complexity index is 827. The van der Waals surface area contributed by atoms with E-state index in [2.05, 4.69) is 24.1 Å². The van der Waals surface area contributed by atoms with Gasteiger partial charge in [-0.15, -0.1) is 0 Å². The Kier molecular flexibility index (Phi) is 9.51. The molecule has 0 unspecified atom stereocenters. The van der Waals surface area contributed by atoms with E-state index < -0.39 is 6.04 Å². The van der Waals surface area contributed by atoms with Gasteiger partial charge in [-0.05, 0) is 49.7 Å². The molecule has 7 nitrogen and oxygen atoms in total. The van der Waals surface area contributed by atoms with Crippen molar-refractivity contribution in [3.63, 3.8) is 0 Å². The number of aryl methyl sites for hydroxylation is 1. The van der Waals surface area contributed by atoms with Gasteiger partial charge in [0, 0.05) is 58.2 Å². The third kappa shape index (κ3) is 6.81. The van der Waals surface area contributed by atoms with Gasteiger partial charge in [-0.2, -0.15) is 0 Å². The van der Waals surface area contributed by atoms with E-state index >= 15 is 0 Å². The van der Waals surface area contributed by atoms with Crippen molar-refractivity contribution in [1.29, 1.82) is 0 Å². The monoisotopic (exact) mass is 470 g/mol.